The Labute approximate surface area is 225 Å². The number of carbonyl (C=O) groups excluding carboxylic acids is 1. The average molecular weight is 532 g/mol. The molecule has 11 nitrogen and oxygen atoms in total. The fourth-order valence-corrected chi connectivity index (χ4v) is 6.06. The summed E-state index contributed by atoms with van der Waals surface area (Å²) in [6.07, 6.45) is 8.15. The molecule has 1 amide bonds. The predicted molar refractivity (Wildman–Crippen MR) is 144 cm³/mol. The highest BCUT2D eigenvalue weighted by Crippen LogP contribution is 2.35. The van der Waals surface area contributed by atoms with Gasteiger partial charge in [-0.25, -0.2) is 15.0 Å². The first-order chi connectivity index (χ1) is 19.1. The minimum absolute atomic E-state index is 0.124. The number of para-hydroxylation sites is 1. The van der Waals surface area contributed by atoms with Gasteiger partial charge >= 0.3 is 0 Å². The van der Waals surface area contributed by atoms with Crippen LogP contribution in [0.3, 0.4) is 0 Å². The highest BCUT2D eigenvalue weighted by Gasteiger charge is 2.48. The van der Waals surface area contributed by atoms with Gasteiger partial charge in [0, 0.05) is 35.7 Å². The Bertz CT molecular complexity index is 1510. The van der Waals surface area contributed by atoms with Crippen LogP contribution in [0.25, 0.3) is 22.1 Å². The molecule has 3 fully saturated rings. The third-order valence-electron chi connectivity index (χ3n) is 8.28. The summed E-state index contributed by atoms with van der Waals surface area (Å²) in [5, 5.41) is 28.7. The van der Waals surface area contributed by atoms with Crippen molar-refractivity contribution in [2.75, 3.05) is 11.9 Å². The molecule has 204 valence electrons. The van der Waals surface area contributed by atoms with Gasteiger partial charge in [0.2, 0.25) is 0 Å². The maximum atomic E-state index is 12.5. The molecule has 39 heavy (non-hydrogen) atoms. The zero-order valence-electron chi connectivity index (χ0n) is 21.6. The lowest BCUT2D eigenvalue weighted by Crippen LogP contribution is -2.43. The van der Waals surface area contributed by atoms with Crippen molar-refractivity contribution in [3.8, 4) is 0 Å². The zero-order valence-corrected chi connectivity index (χ0v) is 21.6. The van der Waals surface area contributed by atoms with Gasteiger partial charge in [-0.05, 0) is 43.7 Å². The van der Waals surface area contributed by atoms with E-state index in [2.05, 4.69) is 60.6 Å². The Morgan fingerprint density at radius 3 is 2.67 bits per heavy atom. The van der Waals surface area contributed by atoms with E-state index in [-0.39, 0.29) is 6.04 Å². The number of aliphatic hydroxyl groups excluding tert-OH is 2. The van der Waals surface area contributed by atoms with Crippen molar-refractivity contribution in [3.63, 3.8) is 0 Å². The van der Waals surface area contributed by atoms with E-state index in [0.29, 0.717) is 29.6 Å². The summed E-state index contributed by atoms with van der Waals surface area (Å²) in [5.74, 6) is 0.164. The van der Waals surface area contributed by atoms with Crippen molar-refractivity contribution in [2.24, 2.45) is 0 Å². The molecular formula is C28H33N7O4. The number of nitrogens with zero attached hydrogens (tertiary/aromatic N) is 5. The van der Waals surface area contributed by atoms with Crippen molar-refractivity contribution < 1.29 is 19.7 Å². The van der Waals surface area contributed by atoms with Crippen LogP contribution in [-0.2, 0) is 16.0 Å². The summed E-state index contributed by atoms with van der Waals surface area (Å²) < 4.78 is 9.83. The lowest BCUT2D eigenvalue weighted by Gasteiger charge is -2.16. The molecule has 2 aliphatic carbocycles. The highest BCUT2D eigenvalue weighted by atomic mass is 16.6. The predicted octanol–water partition coefficient (Wildman–Crippen LogP) is 2.45. The van der Waals surface area contributed by atoms with Crippen LogP contribution in [0.5, 0.6) is 0 Å². The molecule has 4 aromatic rings. The third kappa shape index (κ3) is 4.44. The molecule has 3 aliphatic rings. The Morgan fingerprint density at radius 2 is 1.85 bits per heavy atom. The molecule has 1 saturated heterocycles. The largest absolute Gasteiger partial charge is 0.387 e. The molecule has 0 unspecified atom stereocenters. The standard InChI is InChI=1S/C28H33N7O4/c36-22-23(37)28(39-24(22)27(38)33-17-9-10-17)35-15-32-21-25(30-14-31-26(21)35)29-12-11-16-13-34(18-5-1-2-6-18)20-8-4-3-7-19(16)20/h3-4,7-8,13-15,17-18,22-24,28,36-37H,1-2,5-6,9-12H2,(H,33,38)(H,29,30,31)/t22-,23+,24-,28+/m0/s1. The van der Waals surface area contributed by atoms with E-state index in [4.69, 9.17) is 4.74 Å². The van der Waals surface area contributed by atoms with Crippen LogP contribution in [0.4, 0.5) is 5.82 Å². The summed E-state index contributed by atoms with van der Waals surface area (Å²) >= 11 is 0. The van der Waals surface area contributed by atoms with Gasteiger partial charge in [-0.1, -0.05) is 31.0 Å². The van der Waals surface area contributed by atoms with Crippen LogP contribution in [-0.4, -0.2) is 71.1 Å². The first-order valence-corrected chi connectivity index (χ1v) is 13.9. The van der Waals surface area contributed by atoms with Gasteiger partial charge in [0.25, 0.3) is 5.91 Å². The second-order valence-corrected chi connectivity index (χ2v) is 11.0. The van der Waals surface area contributed by atoms with Crippen LogP contribution in [0.15, 0.2) is 43.1 Å². The Kier molecular flexibility index (Phi) is 6.21. The van der Waals surface area contributed by atoms with Crippen molar-refractivity contribution in [2.45, 2.75) is 81.6 Å². The summed E-state index contributed by atoms with van der Waals surface area (Å²) in [5.41, 5.74) is 3.57. The highest BCUT2D eigenvalue weighted by molar-refractivity contribution is 5.85. The summed E-state index contributed by atoms with van der Waals surface area (Å²) in [6, 6.07) is 9.31. The second-order valence-electron chi connectivity index (χ2n) is 11.0. The zero-order chi connectivity index (χ0) is 26.5. The minimum Gasteiger partial charge on any atom is -0.387 e. The van der Waals surface area contributed by atoms with Gasteiger partial charge in [0.05, 0.1) is 6.33 Å². The number of aromatic nitrogens is 5. The van der Waals surface area contributed by atoms with Gasteiger partial charge in [0.1, 0.15) is 18.5 Å². The summed E-state index contributed by atoms with van der Waals surface area (Å²) in [4.78, 5) is 25.8. The maximum Gasteiger partial charge on any atom is 0.252 e. The number of hydrogen-bond donors (Lipinski definition) is 4. The maximum absolute atomic E-state index is 12.5. The molecule has 3 aromatic heterocycles. The molecule has 1 aliphatic heterocycles. The number of hydrogen-bond acceptors (Lipinski definition) is 8. The van der Waals surface area contributed by atoms with Crippen molar-refractivity contribution >= 4 is 33.8 Å². The number of fused-ring (bicyclic) bond motifs is 2. The molecule has 2 saturated carbocycles. The van der Waals surface area contributed by atoms with Gasteiger partial charge < -0.3 is 30.2 Å². The topological polar surface area (TPSA) is 139 Å². The normalized spacial score (nSPS) is 25.6. The van der Waals surface area contributed by atoms with Gasteiger partial charge in [-0.2, -0.15) is 0 Å². The van der Waals surface area contributed by atoms with Crippen LogP contribution in [0, 0.1) is 0 Å². The van der Waals surface area contributed by atoms with Crippen LogP contribution < -0.4 is 10.6 Å². The van der Waals surface area contributed by atoms with Gasteiger partial charge in [-0.15, -0.1) is 0 Å². The van der Waals surface area contributed by atoms with E-state index in [1.54, 1.807) is 4.57 Å². The summed E-state index contributed by atoms with van der Waals surface area (Å²) in [6.45, 7) is 0.655. The molecule has 0 radical (unpaired) electrons. The van der Waals surface area contributed by atoms with Crippen LogP contribution in [0.2, 0.25) is 0 Å². The van der Waals surface area contributed by atoms with E-state index in [0.717, 1.165) is 19.3 Å². The molecule has 11 heteroatoms. The lowest BCUT2D eigenvalue weighted by molar-refractivity contribution is -0.137. The molecule has 1 aromatic carbocycles. The number of benzene rings is 1. The number of carbonyl (C=O) groups is 1. The lowest BCUT2D eigenvalue weighted by atomic mass is 10.1. The van der Waals surface area contributed by atoms with Crippen LogP contribution >= 0.6 is 0 Å². The third-order valence-corrected chi connectivity index (χ3v) is 8.28. The van der Waals surface area contributed by atoms with E-state index in [1.165, 1.54) is 54.8 Å². The van der Waals surface area contributed by atoms with E-state index in [9.17, 15) is 15.0 Å². The number of ether oxygens (including phenoxy) is 1. The van der Waals surface area contributed by atoms with Crippen molar-refractivity contribution in [1.82, 2.24) is 29.4 Å². The second kappa shape index (κ2) is 9.89. The fraction of sp³-hybridized carbons (Fsp3) is 0.500. The monoisotopic (exact) mass is 531 g/mol. The van der Waals surface area contributed by atoms with E-state index in [1.807, 2.05) is 0 Å². The smallest absolute Gasteiger partial charge is 0.252 e. The quantitative estimate of drug-likeness (QED) is 0.272. The molecule has 0 bridgehead atoms. The summed E-state index contributed by atoms with van der Waals surface area (Å²) in [7, 11) is 0. The first kappa shape index (κ1) is 24.5. The Hall–Kier alpha value is -3.54. The van der Waals surface area contributed by atoms with E-state index < -0.39 is 30.4 Å². The molecule has 4 N–H and O–H groups in total. The van der Waals surface area contributed by atoms with E-state index >= 15 is 0 Å². The molecule has 4 heterocycles. The number of nitrogens with one attached hydrogen (secondary N) is 2. The molecular weight excluding hydrogens is 498 g/mol. The number of amides is 1. The Morgan fingerprint density at radius 1 is 1.03 bits per heavy atom. The number of aliphatic hydroxyl groups is 2. The van der Waals surface area contributed by atoms with Gasteiger partial charge in [0.15, 0.2) is 29.3 Å². The molecule has 4 atom stereocenters. The number of rotatable bonds is 8. The van der Waals surface area contributed by atoms with Crippen LogP contribution in [0.1, 0.15) is 56.4 Å². The average Bonchev–Trinajstić information content (AvgIpc) is 3.31. The SMILES string of the molecule is O=C(NC1CC1)[C@H]1O[C@@H](n2cnc3c(NCCc4cn(C5CCCC5)c5ccccc45)ncnc32)[C@H](O)[C@@H]1O. The molecule has 0 spiro atoms. The minimum atomic E-state index is -1.35. The van der Waals surface area contributed by atoms with Crippen molar-refractivity contribution in [1.29, 1.82) is 0 Å². The van der Waals surface area contributed by atoms with Gasteiger partial charge in [-0.3, -0.25) is 9.36 Å². The Balaban J connectivity index is 1.08. The fourth-order valence-electron chi connectivity index (χ4n) is 6.06. The number of anilines is 1. The number of imidazole rings is 1. The molecule has 7 rings (SSSR count). The first-order valence-electron chi connectivity index (χ1n) is 13.9. The van der Waals surface area contributed by atoms with Crippen molar-refractivity contribution in [3.05, 3.63) is 48.7 Å².